The smallest absolute Gasteiger partial charge is 0.251 e. The Hall–Kier alpha value is -3.64. The van der Waals surface area contributed by atoms with E-state index in [2.05, 4.69) is 26.3 Å². The van der Waals surface area contributed by atoms with Gasteiger partial charge in [0, 0.05) is 37.9 Å². The summed E-state index contributed by atoms with van der Waals surface area (Å²) in [5, 5.41) is 8.27. The zero-order chi connectivity index (χ0) is 24.3. The second kappa shape index (κ2) is 12.6. The van der Waals surface area contributed by atoms with Crippen molar-refractivity contribution in [3.8, 4) is 11.5 Å². The van der Waals surface area contributed by atoms with Gasteiger partial charge in [0.15, 0.2) is 0 Å². The van der Waals surface area contributed by atoms with Crippen LogP contribution in [0.5, 0.6) is 11.5 Å². The third-order valence-electron chi connectivity index (χ3n) is 5.28. The van der Waals surface area contributed by atoms with Gasteiger partial charge in [0.2, 0.25) is 0 Å². The summed E-state index contributed by atoms with van der Waals surface area (Å²) in [6.07, 6.45) is 3.71. The highest BCUT2D eigenvalue weighted by atomic mass is 16.5. The number of ether oxygens (including phenoxy) is 1. The molecule has 4 bridgehead atoms. The number of benzene rings is 3. The van der Waals surface area contributed by atoms with Crippen LogP contribution in [-0.4, -0.2) is 28.5 Å². The van der Waals surface area contributed by atoms with Gasteiger partial charge in [-0.15, -0.1) is 0 Å². The number of amides is 1. The molecule has 2 heterocycles. The van der Waals surface area contributed by atoms with E-state index in [1.807, 2.05) is 94.8 Å². The highest BCUT2D eigenvalue weighted by molar-refractivity contribution is 6.07. The first-order valence-corrected chi connectivity index (χ1v) is 12.0. The van der Waals surface area contributed by atoms with Gasteiger partial charge in [0.25, 0.3) is 5.91 Å². The Kier molecular flexibility index (Phi) is 9.23. The Labute approximate surface area is 202 Å². The number of rotatable bonds is 0. The van der Waals surface area contributed by atoms with E-state index in [1.54, 1.807) is 0 Å². The number of hydrogen-bond donors (Lipinski definition) is 2. The lowest BCUT2D eigenvalue weighted by Crippen LogP contribution is -2.32. The molecule has 2 N–H and O–H groups in total. The number of carbonyl (C=O) groups is 1. The van der Waals surface area contributed by atoms with Crippen LogP contribution in [0.4, 0.5) is 0 Å². The van der Waals surface area contributed by atoms with Crippen LogP contribution in [0.25, 0.3) is 10.8 Å². The molecule has 0 saturated heterocycles. The number of nitrogens with zero attached hydrogens (tertiary/aromatic N) is 2. The Morgan fingerprint density at radius 3 is 2.56 bits per heavy atom. The summed E-state index contributed by atoms with van der Waals surface area (Å²) in [5.74, 6) is 1.38. The first kappa shape index (κ1) is 25.0. The van der Waals surface area contributed by atoms with Crippen LogP contribution in [0.1, 0.15) is 49.3 Å². The van der Waals surface area contributed by atoms with Crippen molar-refractivity contribution in [2.24, 2.45) is 0 Å². The molecule has 178 valence electrons. The van der Waals surface area contributed by atoms with Gasteiger partial charge in [-0.1, -0.05) is 58.0 Å². The van der Waals surface area contributed by atoms with Crippen molar-refractivity contribution in [1.29, 1.82) is 0 Å². The van der Waals surface area contributed by atoms with Gasteiger partial charge in [-0.2, -0.15) is 0 Å². The van der Waals surface area contributed by atoms with Crippen LogP contribution < -0.4 is 15.4 Å². The molecular formula is C28H34N4O2. The fourth-order valence-corrected chi connectivity index (χ4v) is 3.77. The van der Waals surface area contributed by atoms with E-state index in [0.29, 0.717) is 37.5 Å². The fraction of sp³-hybridized carbons (Fsp3) is 0.286. The Morgan fingerprint density at radius 1 is 0.912 bits per heavy atom. The molecule has 0 radical (unpaired) electrons. The number of hydrogen-bond acceptors (Lipinski definition) is 4. The minimum atomic E-state index is -0.0871. The van der Waals surface area contributed by atoms with Gasteiger partial charge in [0.1, 0.15) is 11.5 Å². The molecule has 0 unspecified atom stereocenters. The summed E-state index contributed by atoms with van der Waals surface area (Å²) in [5.41, 5.74) is 2.87. The number of imidazole rings is 1. The standard InChI is InChI=1S/C24H22N4O2.2C2H6/c29-24-22-6-2-4-18-7-8-21(12-23(18)22)30-20-5-1-3-17(11-20)15-28-16-26-14-19(28)13-25-9-10-27-24;2*1-2/h1-8,11-12,14,16,25H,9-10,13,15H2,(H,27,29);2*1-2H3. The predicted molar refractivity (Wildman–Crippen MR) is 139 cm³/mol. The molecule has 1 aromatic heterocycles. The summed E-state index contributed by atoms with van der Waals surface area (Å²) >= 11 is 0. The zero-order valence-electron chi connectivity index (χ0n) is 20.5. The van der Waals surface area contributed by atoms with Crippen molar-refractivity contribution in [3.63, 3.8) is 0 Å². The summed E-state index contributed by atoms with van der Waals surface area (Å²) in [6.45, 7) is 10.6. The molecule has 5 rings (SSSR count). The second-order valence-electron chi connectivity index (χ2n) is 7.38. The SMILES string of the molecule is CC.CC.O=C1NCCNCc2cncn2Cc2cccc(c2)Oc2ccc3cccc1c3c2. The van der Waals surface area contributed by atoms with Gasteiger partial charge in [-0.25, -0.2) is 4.98 Å². The lowest BCUT2D eigenvalue weighted by molar-refractivity contribution is 0.0955. The van der Waals surface area contributed by atoms with Gasteiger partial charge >= 0.3 is 0 Å². The number of aromatic nitrogens is 2. The van der Waals surface area contributed by atoms with Crippen molar-refractivity contribution in [2.75, 3.05) is 13.1 Å². The highest BCUT2D eigenvalue weighted by Gasteiger charge is 2.12. The summed E-state index contributed by atoms with van der Waals surface area (Å²) in [6, 6.07) is 19.7. The number of carbonyl (C=O) groups excluding carboxylic acids is 1. The second-order valence-corrected chi connectivity index (χ2v) is 7.38. The normalized spacial score (nSPS) is 13.2. The molecule has 6 heteroatoms. The molecule has 0 atom stereocenters. The van der Waals surface area contributed by atoms with Crippen molar-refractivity contribution in [1.82, 2.24) is 20.2 Å². The molecule has 34 heavy (non-hydrogen) atoms. The molecule has 0 fully saturated rings. The third kappa shape index (κ3) is 6.02. The minimum Gasteiger partial charge on any atom is -0.457 e. The third-order valence-corrected chi connectivity index (χ3v) is 5.28. The molecule has 1 aliphatic heterocycles. The maximum absolute atomic E-state index is 12.8. The summed E-state index contributed by atoms with van der Waals surface area (Å²) in [4.78, 5) is 17.1. The van der Waals surface area contributed by atoms with Gasteiger partial charge in [-0.05, 0) is 46.7 Å². The van der Waals surface area contributed by atoms with Crippen LogP contribution in [0.15, 0.2) is 73.2 Å². The quantitative estimate of drug-likeness (QED) is 0.351. The lowest BCUT2D eigenvalue weighted by atomic mass is 10.0. The lowest BCUT2D eigenvalue weighted by Gasteiger charge is -2.11. The minimum absolute atomic E-state index is 0.0871. The first-order chi connectivity index (χ1) is 16.8. The zero-order valence-corrected chi connectivity index (χ0v) is 20.5. The largest absolute Gasteiger partial charge is 0.457 e. The maximum atomic E-state index is 12.8. The van der Waals surface area contributed by atoms with E-state index < -0.39 is 0 Å². The van der Waals surface area contributed by atoms with Crippen LogP contribution in [-0.2, 0) is 13.1 Å². The summed E-state index contributed by atoms with van der Waals surface area (Å²) in [7, 11) is 0. The average Bonchev–Trinajstić information content (AvgIpc) is 3.32. The molecule has 3 aromatic carbocycles. The molecule has 6 nitrogen and oxygen atoms in total. The molecule has 0 aliphatic carbocycles. The number of fused-ring (bicyclic) bond motifs is 4. The van der Waals surface area contributed by atoms with Crippen LogP contribution in [0, 0.1) is 0 Å². The molecule has 1 amide bonds. The first-order valence-electron chi connectivity index (χ1n) is 12.0. The topological polar surface area (TPSA) is 68.2 Å². The highest BCUT2D eigenvalue weighted by Crippen LogP contribution is 2.28. The van der Waals surface area contributed by atoms with E-state index in [1.165, 1.54) is 0 Å². The van der Waals surface area contributed by atoms with Crippen molar-refractivity contribution in [2.45, 2.75) is 40.8 Å². The van der Waals surface area contributed by atoms with Gasteiger partial charge < -0.3 is 19.9 Å². The van der Waals surface area contributed by atoms with Gasteiger partial charge in [-0.3, -0.25) is 4.79 Å². The van der Waals surface area contributed by atoms with Gasteiger partial charge in [0.05, 0.1) is 12.0 Å². The maximum Gasteiger partial charge on any atom is 0.251 e. The van der Waals surface area contributed by atoms with Crippen LogP contribution >= 0.6 is 0 Å². The van der Waals surface area contributed by atoms with E-state index in [9.17, 15) is 4.79 Å². The average molecular weight is 459 g/mol. The molecule has 0 spiro atoms. The van der Waals surface area contributed by atoms with Crippen LogP contribution in [0.2, 0.25) is 0 Å². The molecule has 1 aliphatic rings. The Morgan fingerprint density at radius 2 is 1.71 bits per heavy atom. The van der Waals surface area contributed by atoms with Crippen molar-refractivity contribution < 1.29 is 9.53 Å². The van der Waals surface area contributed by atoms with E-state index in [-0.39, 0.29) is 5.91 Å². The summed E-state index contributed by atoms with van der Waals surface area (Å²) < 4.78 is 8.26. The Balaban J connectivity index is 0.000000771. The Bertz CT molecular complexity index is 1220. The van der Waals surface area contributed by atoms with Crippen molar-refractivity contribution in [3.05, 3.63) is 90.0 Å². The molecule has 0 saturated carbocycles. The van der Waals surface area contributed by atoms with E-state index in [0.717, 1.165) is 27.8 Å². The van der Waals surface area contributed by atoms with Crippen molar-refractivity contribution >= 4 is 16.7 Å². The molecule has 4 aromatic rings. The fourth-order valence-electron chi connectivity index (χ4n) is 3.77. The predicted octanol–water partition coefficient (Wildman–Crippen LogP) is 5.76. The van der Waals surface area contributed by atoms with E-state index >= 15 is 0 Å². The van der Waals surface area contributed by atoms with Crippen LogP contribution in [0.3, 0.4) is 0 Å². The number of nitrogens with one attached hydrogen (secondary N) is 2. The molecular weight excluding hydrogens is 424 g/mol. The van der Waals surface area contributed by atoms with E-state index in [4.69, 9.17) is 4.74 Å². The monoisotopic (exact) mass is 458 g/mol.